The van der Waals surface area contributed by atoms with Gasteiger partial charge in [0.25, 0.3) is 0 Å². The van der Waals surface area contributed by atoms with Crippen molar-refractivity contribution in [1.29, 1.82) is 0 Å². The van der Waals surface area contributed by atoms with Gasteiger partial charge in [-0.15, -0.1) is 0 Å². The van der Waals surface area contributed by atoms with Gasteiger partial charge in [0, 0.05) is 22.3 Å². The number of fused-ring (bicyclic) bond motifs is 2. The van der Waals surface area contributed by atoms with Gasteiger partial charge in [0.1, 0.15) is 0 Å². The predicted molar refractivity (Wildman–Crippen MR) is 136 cm³/mol. The highest BCUT2D eigenvalue weighted by atomic mass is 14.0. The molecule has 0 heterocycles. The molecule has 0 saturated carbocycles. The van der Waals surface area contributed by atoms with Crippen molar-refractivity contribution in [1.82, 2.24) is 0 Å². The van der Waals surface area contributed by atoms with Crippen molar-refractivity contribution in [3.8, 4) is 23.7 Å². The second-order valence-corrected chi connectivity index (χ2v) is 8.22. The summed E-state index contributed by atoms with van der Waals surface area (Å²) >= 11 is 0. The molecule has 0 aliphatic rings. The third-order valence-electron chi connectivity index (χ3n) is 5.53. The molecule has 150 valence electrons. The van der Waals surface area contributed by atoms with Crippen molar-refractivity contribution in [2.24, 2.45) is 0 Å². The molecule has 0 unspecified atom stereocenters. The molecule has 0 aliphatic heterocycles. The van der Waals surface area contributed by atoms with Gasteiger partial charge in [-0.1, -0.05) is 60.1 Å². The number of hydrogen-bond donors (Lipinski definition) is 0. The zero-order valence-electron chi connectivity index (χ0n) is 18.2. The molecule has 0 amide bonds. The molecule has 0 fully saturated rings. The van der Waals surface area contributed by atoms with Crippen LogP contribution in [0.1, 0.15) is 33.4 Å². The van der Waals surface area contributed by atoms with Crippen LogP contribution in [0.2, 0.25) is 0 Å². The van der Waals surface area contributed by atoms with Crippen LogP contribution < -0.4 is 0 Å². The van der Waals surface area contributed by atoms with Gasteiger partial charge < -0.3 is 0 Å². The van der Waals surface area contributed by atoms with Crippen LogP contribution in [-0.4, -0.2) is 0 Å². The van der Waals surface area contributed by atoms with E-state index in [1.165, 1.54) is 32.7 Å². The molecule has 32 heavy (non-hydrogen) atoms. The fourth-order valence-corrected chi connectivity index (χ4v) is 3.89. The largest absolute Gasteiger partial charge is 0.0616 e. The van der Waals surface area contributed by atoms with Crippen molar-refractivity contribution < 1.29 is 0 Å². The smallest absolute Gasteiger partial charge is 0.0255 e. The number of benzene rings is 5. The molecule has 0 nitrogen and oxygen atoms in total. The maximum absolute atomic E-state index is 3.31. The molecule has 5 aromatic carbocycles. The summed E-state index contributed by atoms with van der Waals surface area (Å²) in [5.41, 5.74) is 6.60. The van der Waals surface area contributed by atoms with E-state index in [0.29, 0.717) is 0 Å². The highest BCUT2D eigenvalue weighted by molar-refractivity contribution is 5.99. The molecule has 0 aromatic heterocycles. The Kier molecular flexibility index (Phi) is 5.21. The average Bonchev–Trinajstić information content (AvgIpc) is 2.80. The molecule has 0 aliphatic carbocycles. The summed E-state index contributed by atoms with van der Waals surface area (Å²) in [6.07, 6.45) is 0. The standard InChI is InChI=1S/C32H22/c1-23-5-3-7-25(17-23)9-11-27-13-15-29-22-32-20-28(14-16-30(32)21-31(29)19-27)12-10-26-8-4-6-24(2)18-26/h3-8,13-22H,1-2H3. The van der Waals surface area contributed by atoms with E-state index in [1.807, 2.05) is 24.3 Å². The molecular formula is C32H22. The van der Waals surface area contributed by atoms with Crippen LogP contribution in [0.5, 0.6) is 0 Å². The van der Waals surface area contributed by atoms with E-state index < -0.39 is 0 Å². The number of aryl methyl sites for hydroxylation is 2. The first kappa shape index (κ1) is 19.7. The average molecular weight is 407 g/mol. The van der Waals surface area contributed by atoms with E-state index in [-0.39, 0.29) is 0 Å². The van der Waals surface area contributed by atoms with E-state index in [1.54, 1.807) is 0 Å². The second-order valence-electron chi connectivity index (χ2n) is 8.22. The maximum atomic E-state index is 3.31. The lowest BCUT2D eigenvalue weighted by atomic mass is 10.00. The van der Waals surface area contributed by atoms with Crippen molar-refractivity contribution >= 4 is 21.5 Å². The van der Waals surface area contributed by atoms with Gasteiger partial charge in [-0.25, -0.2) is 0 Å². The van der Waals surface area contributed by atoms with Crippen LogP contribution in [0, 0.1) is 37.5 Å². The lowest BCUT2D eigenvalue weighted by Gasteiger charge is -2.04. The second kappa shape index (κ2) is 8.47. The molecule has 5 aromatic rings. The lowest BCUT2D eigenvalue weighted by molar-refractivity contribution is 1.45. The highest BCUT2D eigenvalue weighted by Gasteiger charge is 2.01. The van der Waals surface area contributed by atoms with Gasteiger partial charge in [0.05, 0.1) is 0 Å². The minimum absolute atomic E-state index is 1.03. The van der Waals surface area contributed by atoms with Gasteiger partial charge in [-0.05, 0) is 107 Å². The van der Waals surface area contributed by atoms with Crippen molar-refractivity contribution in [3.63, 3.8) is 0 Å². The Labute approximate surface area is 189 Å². The molecule has 0 atom stereocenters. The monoisotopic (exact) mass is 406 g/mol. The zero-order valence-corrected chi connectivity index (χ0v) is 18.2. The van der Waals surface area contributed by atoms with Crippen LogP contribution in [-0.2, 0) is 0 Å². The Morgan fingerprint density at radius 1 is 0.375 bits per heavy atom. The van der Waals surface area contributed by atoms with Crippen molar-refractivity contribution in [3.05, 3.63) is 130 Å². The fraction of sp³-hybridized carbons (Fsp3) is 0.0625. The molecular weight excluding hydrogens is 384 g/mol. The van der Waals surface area contributed by atoms with Crippen molar-refractivity contribution in [2.75, 3.05) is 0 Å². The van der Waals surface area contributed by atoms with Gasteiger partial charge in [-0.3, -0.25) is 0 Å². The number of hydrogen-bond acceptors (Lipinski definition) is 0. The van der Waals surface area contributed by atoms with Gasteiger partial charge >= 0.3 is 0 Å². The third kappa shape index (κ3) is 4.41. The van der Waals surface area contributed by atoms with Crippen LogP contribution >= 0.6 is 0 Å². The van der Waals surface area contributed by atoms with Crippen LogP contribution in [0.3, 0.4) is 0 Å². The molecule has 0 bridgehead atoms. The molecule has 0 heteroatoms. The summed E-state index contributed by atoms with van der Waals surface area (Å²) in [5.74, 6) is 13.2. The Morgan fingerprint density at radius 2 is 0.781 bits per heavy atom. The third-order valence-corrected chi connectivity index (χ3v) is 5.53. The first-order chi connectivity index (χ1) is 15.6. The minimum Gasteiger partial charge on any atom is -0.0616 e. The fourth-order valence-electron chi connectivity index (χ4n) is 3.89. The minimum atomic E-state index is 1.03. The van der Waals surface area contributed by atoms with Crippen molar-refractivity contribution in [2.45, 2.75) is 13.8 Å². The summed E-state index contributed by atoms with van der Waals surface area (Å²) < 4.78 is 0. The van der Waals surface area contributed by atoms with Crippen LogP contribution in [0.4, 0.5) is 0 Å². The van der Waals surface area contributed by atoms with E-state index in [9.17, 15) is 0 Å². The van der Waals surface area contributed by atoms with Gasteiger partial charge in [0.2, 0.25) is 0 Å². The summed E-state index contributed by atoms with van der Waals surface area (Å²) in [6, 6.07) is 33.9. The molecule has 0 N–H and O–H groups in total. The lowest BCUT2D eigenvalue weighted by Crippen LogP contribution is -1.82. The summed E-state index contributed by atoms with van der Waals surface area (Å²) in [7, 11) is 0. The summed E-state index contributed by atoms with van der Waals surface area (Å²) in [4.78, 5) is 0. The molecule has 0 saturated heterocycles. The predicted octanol–water partition coefficient (Wildman–Crippen LogP) is 7.41. The van der Waals surface area contributed by atoms with Crippen LogP contribution in [0.25, 0.3) is 21.5 Å². The summed E-state index contributed by atoms with van der Waals surface area (Å²) in [6.45, 7) is 4.18. The van der Waals surface area contributed by atoms with E-state index in [2.05, 4.69) is 110 Å². The Bertz CT molecular complexity index is 1470. The van der Waals surface area contributed by atoms with E-state index in [4.69, 9.17) is 0 Å². The quantitative estimate of drug-likeness (QED) is 0.185. The summed E-state index contributed by atoms with van der Waals surface area (Å²) in [5, 5.41) is 4.82. The van der Waals surface area contributed by atoms with E-state index >= 15 is 0 Å². The molecule has 5 rings (SSSR count). The first-order valence-corrected chi connectivity index (χ1v) is 10.8. The zero-order chi connectivity index (χ0) is 21.9. The Balaban J connectivity index is 1.47. The Hall–Kier alpha value is -4.26. The topological polar surface area (TPSA) is 0 Å². The molecule has 0 spiro atoms. The van der Waals surface area contributed by atoms with Gasteiger partial charge in [-0.2, -0.15) is 0 Å². The first-order valence-electron chi connectivity index (χ1n) is 10.8. The Morgan fingerprint density at radius 3 is 1.19 bits per heavy atom. The maximum Gasteiger partial charge on any atom is 0.0255 e. The molecule has 0 radical (unpaired) electrons. The normalized spacial score (nSPS) is 10.3. The number of rotatable bonds is 0. The van der Waals surface area contributed by atoms with E-state index in [0.717, 1.165) is 22.3 Å². The van der Waals surface area contributed by atoms with Gasteiger partial charge in [0.15, 0.2) is 0 Å². The highest BCUT2D eigenvalue weighted by Crippen LogP contribution is 2.24. The SMILES string of the molecule is Cc1cccc(C#Cc2ccc3cc4cc(C#Cc5cccc(C)c5)ccc4cc3c2)c1. The van der Waals surface area contributed by atoms with Crippen LogP contribution in [0.15, 0.2) is 97.1 Å².